The number of rotatable bonds is 6. The molecule has 1 aromatic rings. The summed E-state index contributed by atoms with van der Waals surface area (Å²) in [5.41, 5.74) is 3.17. The molecule has 1 aliphatic carbocycles. The number of hydrogen-bond donors (Lipinski definition) is 2. The Bertz CT molecular complexity index is 566. The van der Waals surface area contributed by atoms with Gasteiger partial charge in [0, 0.05) is 11.5 Å². The quantitative estimate of drug-likeness (QED) is 0.620. The Morgan fingerprint density at radius 2 is 2.00 bits per heavy atom. The number of para-hydroxylation sites is 1. The van der Waals surface area contributed by atoms with Gasteiger partial charge in [0.05, 0.1) is 19.9 Å². The third kappa shape index (κ3) is 5.39. The lowest BCUT2D eigenvalue weighted by molar-refractivity contribution is -0.129. The molecule has 0 bridgehead atoms. The Labute approximate surface area is 136 Å². The van der Waals surface area contributed by atoms with Crippen LogP contribution in [0.3, 0.4) is 0 Å². The fraction of sp³-hybridized carbons (Fsp3) is 0.471. The molecule has 1 fully saturated rings. The molecule has 2 N–H and O–H groups in total. The predicted octanol–water partition coefficient (Wildman–Crippen LogP) is 1.84. The first-order valence-corrected chi connectivity index (χ1v) is 7.93. The molecule has 0 saturated heterocycles. The molecule has 1 saturated carbocycles. The summed E-state index contributed by atoms with van der Waals surface area (Å²) >= 11 is 0. The van der Waals surface area contributed by atoms with Crippen LogP contribution in [0.15, 0.2) is 29.4 Å². The van der Waals surface area contributed by atoms with Crippen molar-refractivity contribution in [2.24, 2.45) is 11.0 Å². The first kappa shape index (κ1) is 17.0. The van der Waals surface area contributed by atoms with E-state index >= 15 is 0 Å². The van der Waals surface area contributed by atoms with Crippen LogP contribution in [0.5, 0.6) is 5.75 Å². The highest BCUT2D eigenvalue weighted by atomic mass is 16.5. The number of nitrogens with one attached hydrogen (secondary N) is 2. The normalized spacial score (nSPS) is 15.3. The molecule has 6 nitrogen and oxygen atoms in total. The molecule has 0 aromatic heterocycles. The van der Waals surface area contributed by atoms with Gasteiger partial charge < -0.3 is 10.1 Å². The number of carbonyl (C=O) groups excluding carboxylic acids is 2. The highest BCUT2D eigenvalue weighted by Gasteiger charge is 2.21. The molecule has 0 radical (unpaired) electrons. The van der Waals surface area contributed by atoms with Crippen molar-refractivity contribution in [2.75, 3.05) is 13.7 Å². The molecule has 0 heterocycles. The predicted molar refractivity (Wildman–Crippen MR) is 88.3 cm³/mol. The second-order valence-electron chi connectivity index (χ2n) is 5.59. The van der Waals surface area contributed by atoms with E-state index in [9.17, 15) is 9.59 Å². The van der Waals surface area contributed by atoms with Crippen LogP contribution in [-0.2, 0) is 9.59 Å². The van der Waals surface area contributed by atoms with Crippen LogP contribution < -0.4 is 15.5 Å². The number of amides is 2. The monoisotopic (exact) mass is 317 g/mol. The molecule has 2 rings (SSSR count). The van der Waals surface area contributed by atoms with Gasteiger partial charge in [-0.05, 0) is 25.0 Å². The lowest BCUT2D eigenvalue weighted by atomic mass is 9.89. The van der Waals surface area contributed by atoms with E-state index in [1.807, 2.05) is 24.3 Å². The van der Waals surface area contributed by atoms with Crippen molar-refractivity contribution in [3.8, 4) is 5.75 Å². The minimum Gasteiger partial charge on any atom is -0.496 e. The van der Waals surface area contributed by atoms with Gasteiger partial charge in [-0.15, -0.1) is 0 Å². The van der Waals surface area contributed by atoms with E-state index in [2.05, 4.69) is 15.8 Å². The summed E-state index contributed by atoms with van der Waals surface area (Å²) in [4.78, 5) is 23.6. The molecule has 0 spiro atoms. The van der Waals surface area contributed by atoms with Crippen LogP contribution in [0.1, 0.15) is 37.7 Å². The zero-order valence-electron chi connectivity index (χ0n) is 13.4. The van der Waals surface area contributed by atoms with Crippen molar-refractivity contribution < 1.29 is 14.3 Å². The molecule has 0 atom stereocenters. The van der Waals surface area contributed by atoms with E-state index in [4.69, 9.17) is 4.74 Å². The van der Waals surface area contributed by atoms with Gasteiger partial charge in [0.25, 0.3) is 5.91 Å². The maximum absolute atomic E-state index is 11.9. The molecule has 23 heavy (non-hydrogen) atoms. The van der Waals surface area contributed by atoms with Crippen molar-refractivity contribution in [1.82, 2.24) is 10.7 Å². The van der Waals surface area contributed by atoms with E-state index in [1.54, 1.807) is 7.11 Å². The van der Waals surface area contributed by atoms with E-state index in [0.717, 1.165) is 31.2 Å². The smallest absolute Gasteiger partial charge is 0.259 e. The Kier molecular flexibility index (Phi) is 6.59. The van der Waals surface area contributed by atoms with Crippen LogP contribution in [-0.4, -0.2) is 31.7 Å². The first-order valence-electron chi connectivity index (χ1n) is 7.93. The zero-order chi connectivity index (χ0) is 16.5. The van der Waals surface area contributed by atoms with Crippen LogP contribution in [0, 0.1) is 5.92 Å². The number of hydrazone groups is 1. The number of methoxy groups -OCH3 is 1. The van der Waals surface area contributed by atoms with Crippen molar-refractivity contribution in [3.05, 3.63) is 29.8 Å². The summed E-state index contributed by atoms with van der Waals surface area (Å²) in [5.74, 6) is 0.346. The van der Waals surface area contributed by atoms with Crippen LogP contribution in [0.4, 0.5) is 0 Å². The molecular weight excluding hydrogens is 294 g/mol. The van der Waals surface area contributed by atoms with E-state index in [-0.39, 0.29) is 24.3 Å². The van der Waals surface area contributed by atoms with Gasteiger partial charge in [-0.2, -0.15) is 5.10 Å². The van der Waals surface area contributed by atoms with Gasteiger partial charge >= 0.3 is 0 Å². The van der Waals surface area contributed by atoms with Gasteiger partial charge in [-0.25, -0.2) is 5.43 Å². The van der Waals surface area contributed by atoms with Crippen LogP contribution in [0.2, 0.25) is 0 Å². The van der Waals surface area contributed by atoms with Gasteiger partial charge in [0.15, 0.2) is 0 Å². The third-order valence-corrected chi connectivity index (χ3v) is 3.93. The fourth-order valence-corrected chi connectivity index (χ4v) is 2.66. The summed E-state index contributed by atoms with van der Waals surface area (Å²) in [7, 11) is 1.58. The summed E-state index contributed by atoms with van der Waals surface area (Å²) in [6.07, 6.45) is 6.72. The summed E-state index contributed by atoms with van der Waals surface area (Å²) in [5, 5.41) is 6.56. The fourth-order valence-electron chi connectivity index (χ4n) is 2.66. The number of carbonyl (C=O) groups is 2. The average molecular weight is 317 g/mol. The Morgan fingerprint density at radius 1 is 1.26 bits per heavy atom. The number of benzene rings is 1. The lowest BCUT2D eigenvalue weighted by Gasteiger charge is -2.20. The third-order valence-electron chi connectivity index (χ3n) is 3.93. The molecule has 1 aromatic carbocycles. The van der Waals surface area contributed by atoms with Gasteiger partial charge in [-0.1, -0.05) is 31.4 Å². The molecule has 124 valence electrons. The van der Waals surface area contributed by atoms with Gasteiger partial charge in [0.1, 0.15) is 5.75 Å². The second kappa shape index (κ2) is 8.92. The minimum atomic E-state index is -0.347. The molecule has 2 amide bonds. The number of nitrogens with zero attached hydrogens (tertiary/aromatic N) is 1. The second-order valence-corrected chi connectivity index (χ2v) is 5.59. The molecule has 0 unspecified atom stereocenters. The summed E-state index contributed by atoms with van der Waals surface area (Å²) in [6.45, 7) is -0.0569. The van der Waals surface area contributed by atoms with Gasteiger partial charge in [0.2, 0.25) is 5.91 Å². The standard InChI is InChI=1S/C17H23N3O3/c1-23-15-10-6-5-9-14(15)11-19-20-16(21)12-18-17(22)13-7-3-2-4-8-13/h5-6,9-11,13H,2-4,7-8,12H2,1H3,(H,18,22)(H,20,21)/b19-11+. The highest BCUT2D eigenvalue weighted by Crippen LogP contribution is 2.23. The van der Waals surface area contributed by atoms with Crippen LogP contribution in [0.25, 0.3) is 0 Å². The van der Waals surface area contributed by atoms with Crippen molar-refractivity contribution in [1.29, 1.82) is 0 Å². The Balaban J connectivity index is 1.74. The zero-order valence-corrected chi connectivity index (χ0v) is 13.4. The van der Waals surface area contributed by atoms with Crippen molar-refractivity contribution in [3.63, 3.8) is 0 Å². The molecule has 0 aliphatic heterocycles. The highest BCUT2D eigenvalue weighted by molar-refractivity contribution is 5.87. The Morgan fingerprint density at radius 3 is 2.74 bits per heavy atom. The lowest BCUT2D eigenvalue weighted by Crippen LogP contribution is -2.38. The first-order chi connectivity index (χ1) is 11.2. The van der Waals surface area contributed by atoms with E-state index in [0.29, 0.717) is 5.75 Å². The van der Waals surface area contributed by atoms with Gasteiger partial charge in [-0.3, -0.25) is 9.59 Å². The summed E-state index contributed by atoms with van der Waals surface area (Å²) < 4.78 is 5.19. The maximum atomic E-state index is 11.9. The van der Waals surface area contributed by atoms with Crippen molar-refractivity contribution in [2.45, 2.75) is 32.1 Å². The number of hydrogen-bond acceptors (Lipinski definition) is 4. The Hall–Kier alpha value is -2.37. The maximum Gasteiger partial charge on any atom is 0.259 e. The van der Waals surface area contributed by atoms with E-state index in [1.165, 1.54) is 12.6 Å². The minimum absolute atomic E-state index is 0.0337. The van der Waals surface area contributed by atoms with Crippen LogP contribution >= 0.6 is 0 Å². The largest absolute Gasteiger partial charge is 0.496 e. The average Bonchev–Trinajstić information content (AvgIpc) is 2.61. The molecule has 6 heteroatoms. The molecule has 1 aliphatic rings. The van der Waals surface area contributed by atoms with E-state index < -0.39 is 0 Å². The summed E-state index contributed by atoms with van der Waals surface area (Å²) in [6, 6.07) is 7.36. The van der Waals surface area contributed by atoms with Crippen molar-refractivity contribution >= 4 is 18.0 Å². The topological polar surface area (TPSA) is 79.8 Å². The number of ether oxygens (including phenoxy) is 1. The SMILES string of the molecule is COc1ccccc1/C=N/NC(=O)CNC(=O)C1CCCCC1. The molecular formula is C17H23N3O3.